The molecular formula is C17H22F3N5. The van der Waals surface area contributed by atoms with Crippen LogP contribution in [0.1, 0.15) is 24.5 Å². The van der Waals surface area contributed by atoms with Crippen molar-refractivity contribution in [2.75, 3.05) is 13.1 Å². The number of guanidine groups is 1. The number of rotatable bonds is 7. The van der Waals surface area contributed by atoms with E-state index in [1.165, 1.54) is 0 Å². The third-order valence-electron chi connectivity index (χ3n) is 3.46. The normalized spacial score (nSPS) is 12.2. The van der Waals surface area contributed by atoms with E-state index in [0.717, 1.165) is 11.1 Å². The van der Waals surface area contributed by atoms with Crippen LogP contribution in [-0.2, 0) is 13.1 Å². The molecule has 2 N–H and O–H groups in total. The van der Waals surface area contributed by atoms with Gasteiger partial charge in [0.2, 0.25) is 0 Å². The fourth-order valence-corrected chi connectivity index (χ4v) is 2.26. The quantitative estimate of drug-likeness (QED) is 0.594. The number of nitrogens with zero attached hydrogens (tertiary/aromatic N) is 3. The van der Waals surface area contributed by atoms with Gasteiger partial charge in [-0.1, -0.05) is 24.3 Å². The van der Waals surface area contributed by atoms with Gasteiger partial charge in [-0.3, -0.25) is 4.68 Å². The van der Waals surface area contributed by atoms with Crippen molar-refractivity contribution in [3.05, 3.63) is 53.9 Å². The van der Waals surface area contributed by atoms with Crippen LogP contribution >= 0.6 is 0 Å². The Balaban J connectivity index is 2.01. The molecule has 136 valence electrons. The molecule has 5 nitrogen and oxygen atoms in total. The van der Waals surface area contributed by atoms with Crippen LogP contribution in [0.15, 0.2) is 47.7 Å². The van der Waals surface area contributed by atoms with Crippen molar-refractivity contribution in [1.82, 2.24) is 20.4 Å². The Morgan fingerprint density at radius 2 is 1.92 bits per heavy atom. The number of benzene rings is 1. The van der Waals surface area contributed by atoms with Crippen LogP contribution in [0.3, 0.4) is 0 Å². The molecule has 0 bridgehead atoms. The van der Waals surface area contributed by atoms with Crippen LogP contribution in [0.4, 0.5) is 13.2 Å². The first-order valence-corrected chi connectivity index (χ1v) is 8.11. The van der Waals surface area contributed by atoms with E-state index in [1.54, 1.807) is 6.20 Å². The summed E-state index contributed by atoms with van der Waals surface area (Å²) in [7, 11) is 0. The molecule has 1 aromatic carbocycles. The SMILES string of the molecule is CCNC(=NCc1ccccc1Cn1cccn1)NCCC(F)(F)F. The molecule has 0 fully saturated rings. The highest BCUT2D eigenvalue weighted by atomic mass is 19.4. The summed E-state index contributed by atoms with van der Waals surface area (Å²) in [5, 5.41) is 9.86. The van der Waals surface area contributed by atoms with Crippen molar-refractivity contribution in [1.29, 1.82) is 0 Å². The minimum absolute atomic E-state index is 0.204. The van der Waals surface area contributed by atoms with Gasteiger partial charge in [0.05, 0.1) is 19.5 Å². The van der Waals surface area contributed by atoms with Crippen LogP contribution < -0.4 is 10.6 Å². The first kappa shape index (κ1) is 18.8. The first-order chi connectivity index (χ1) is 12.0. The Bertz CT molecular complexity index is 665. The van der Waals surface area contributed by atoms with Gasteiger partial charge < -0.3 is 10.6 Å². The number of hydrogen-bond acceptors (Lipinski definition) is 2. The average molecular weight is 353 g/mol. The van der Waals surface area contributed by atoms with Crippen molar-refractivity contribution >= 4 is 5.96 Å². The predicted octanol–water partition coefficient (Wildman–Crippen LogP) is 2.94. The standard InChI is InChI=1S/C17H22F3N5/c1-2-21-16(22-10-8-17(18,19)20)23-12-14-6-3-4-7-15(14)13-25-11-5-9-24-25/h3-7,9,11H,2,8,10,12-13H2,1H3,(H2,21,22,23). The highest BCUT2D eigenvalue weighted by molar-refractivity contribution is 5.79. The van der Waals surface area contributed by atoms with Crippen LogP contribution in [0.5, 0.6) is 0 Å². The van der Waals surface area contributed by atoms with Gasteiger partial charge in [-0.2, -0.15) is 18.3 Å². The summed E-state index contributed by atoms with van der Waals surface area (Å²) in [6, 6.07) is 9.67. The topological polar surface area (TPSA) is 54.2 Å². The van der Waals surface area contributed by atoms with Gasteiger partial charge in [0.25, 0.3) is 0 Å². The lowest BCUT2D eigenvalue weighted by Crippen LogP contribution is -2.38. The molecule has 1 heterocycles. The monoisotopic (exact) mass is 353 g/mol. The van der Waals surface area contributed by atoms with E-state index in [4.69, 9.17) is 0 Å². The van der Waals surface area contributed by atoms with Gasteiger partial charge in [0, 0.05) is 25.5 Å². The lowest BCUT2D eigenvalue weighted by molar-refractivity contribution is -0.132. The number of alkyl halides is 3. The molecule has 0 saturated carbocycles. The van der Waals surface area contributed by atoms with E-state index < -0.39 is 12.6 Å². The Morgan fingerprint density at radius 3 is 2.56 bits per heavy atom. The van der Waals surface area contributed by atoms with Crippen LogP contribution in [-0.4, -0.2) is 35.0 Å². The Hall–Kier alpha value is -2.51. The number of aliphatic imine (C=N–C) groups is 1. The number of hydrogen-bond donors (Lipinski definition) is 2. The molecule has 1 aromatic heterocycles. The van der Waals surface area contributed by atoms with E-state index in [1.807, 2.05) is 48.1 Å². The van der Waals surface area contributed by atoms with Gasteiger partial charge in [-0.05, 0) is 24.1 Å². The second-order valence-corrected chi connectivity index (χ2v) is 5.46. The molecule has 0 saturated heterocycles. The maximum absolute atomic E-state index is 12.3. The van der Waals surface area contributed by atoms with E-state index in [0.29, 0.717) is 25.6 Å². The second kappa shape index (κ2) is 9.10. The van der Waals surface area contributed by atoms with Gasteiger partial charge in [0.1, 0.15) is 0 Å². The van der Waals surface area contributed by atoms with Crippen molar-refractivity contribution < 1.29 is 13.2 Å². The summed E-state index contributed by atoms with van der Waals surface area (Å²) in [4.78, 5) is 4.39. The molecule has 0 aliphatic heterocycles. The highest BCUT2D eigenvalue weighted by Crippen LogP contribution is 2.18. The summed E-state index contributed by atoms with van der Waals surface area (Å²) < 4.78 is 38.6. The largest absolute Gasteiger partial charge is 0.390 e. The van der Waals surface area contributed by atoms with E-state index in [2.05, 4.69) is 20.7 Å². The minimum atomic E-state index is -4.18. The van der Waals surface area contributed by atoms with Crippen molar-refractivity contribution in [3.63, 3.8) is 0 Å². The molecule has 0 spiro atoms. The zero-order valence-electron chi connectivity index (χ0n) is 14.1. The molecular weight excluding hydrogens is 331 g/mol. The maximum Gasteiger partial charge on any atom is 0.390 e. The lowest BCUT2D eigenvalue weighted by Gasteiger charge is -2.13. The predicted molar refractivity (Wildman–Crippen MR) is 91.3 cm³/mol. The van der Waals surface area contributed by atoms with Gasteiger partial charge >= 0.3 is 6.18 Å². The molecule has 0 aliphatic rings. The van der Waals surface area contributed by atoms with Crippen molar-refractivity contribution in [3.8, 4) is 0 Å². The molecule has 2 rings (SSSR count). The first-order valence-electron chi connectivity index (χ1n) is 8.11. The number of halogens is 3. The summed E-state index contributed by atoms with van der Waals surface area (Å²) in [6.45, 7) is 3.24. The third-order valence-corrected chi connectivity index (χ3v) is 3.46. The fraction of sp³-hybridized carbons (Fsp3) is 0.412. The van der Waals surface area contributed by atoms with E-state index >= 15 is 0 Å². The molecule has 0 unspecified atom stereocenters. The molecule has 0 amide bonds. The van der Waals surface area contributed by atoms with Crippen LogP contribution in [0.25, 0.3) is 0 Å². The number of aromatic nitrogens is 2. The average Bonchev–Trinajstić information content (AvgIpc) is 3.05. The lowest BCUT2D eigenvalue weighted by atomic mass is 10.1. The molecule has 0 aliphatic carbocycles. The fourth-order valence-electron chi connectivity index (χ4n) is 2.26. The summed E-state index contributed by atoms with van der Waals surface area (Å²) in [5.74, 6) is 0.376. The molecule has 25 heavy (non-hydrogen) atoms. The van der Waals surface area contributed by atoms with E-state index in [-0.39, 0.29) is 6.54 Å². The maximum atomic E-state index is 12.3. The highest BCUT2D eigenvalue weighted by Gasteiger charge is 2.26. The Kier molecular flexibility index (Phi) is 6.85. The van der Waals surface area contributed by atoms with Gasteiger partial charge in [-0.15, -0.1) is 0 Å². The van der Waals surface area contributed by atoms with Gasteiger partial charge in [-0.25, -0.2) is 4.99 Å². The zero-order valence-corrected chi connectivity index (χ0v) is 14.1. The molecule has 0 atom stereocenters. The molecule has 2 aromatic rings. The van der Waals surface area contributed by atoms with Gasteiger partial charge in [0.15, 0.2) is 5.96 Å². The summed E-state index contributed by atoms with van der Waals surface area (Å²) >= 11 is 0. The third kappa shape index (κ3) is 6.86. The van der Waals surface area contributed by atoms with Crippen LogP contribution in [0, 0.1) is 0 Å². The zero-order chi connectivity index (χ0) is 18.1. The molecule has 0 radical (unpaired) electrons. The van der Waals surface area contributed by atoms with Crippen molar-refractivity contribution in [2.45, 2.75) is 32.6 Å². The second-order valence-electron chi connectivity index (χ2n) is 5.46. The van der Waals surface area contributed by atoms with Crippen molar-refractivity contribution in [2.24, 2.45) is 4.99 Å². The number of nitrogens with one attached hydrogen (secondary N) is 2. The summed E-state index contributed by atoms with van der Waals surface area (Å²) in [5.41, 5.74) is 2.08. The smallest absolute Gasteiger partial charge is 0.357 e. The summed E-state index contributed by atoms with van der Waals surface area (Å²) in [6.07, 6.45) is -1.48. The minimum Gasteiger partial charge on any atom is -0.357 e. The molecule has 8 heteroatoms. The van der Waals surface area contributed by atoms with Crippen LogP contribution in [0.2, 0.25) is 0 Å². The van der Waals surface area contributed by atoms with E-state index in [9.17, 15) is 13.2 Å². The Morgan fingerprint density at radius 1 is 1.16 bits per heavy atom. The Labute approximate surface area is 145 Å².